The summed E-state index contributed by atoms with van der Waals surface area (Å²) in [5.41, 5.74) is 0.377. The first-order valence-electron chi connectivity index (χ1n) is 8.75. The molecule has 0 aliphatic rings. The Morgan fingerprint density at radius 3 is 2.53 bits per heavy atom. The molecule has 1 heterocycles. The van der Waals surface area contributed by atoms with E-state index in [1.54, 1.807) is 0 Å². The Labute approximate surface area is 191 Å². The van der Waals surface area contributed by atoms with Gasteiger partial charge in [-0.1, -0.05) is 46.6 Å². The number of hydrogen-bond donors (Lipinski definition) is 1. The van der Waals surface area contributed by atoms with E-state index in [0.717, 1.165) is 0 Å². The summed E-state index contributed by atoms with van der Waals surface area (Å²) in [5.74, 6) is 0.590. The minimum absolute atomic E-state index is 0.0908. The summed E-state index contributed by atoms with van der Waals surface area (Å²) < 4.78 is 20.4. The van der Waals surface area contributed by atoms with Crippen LogP contribution in [0, 0.1) is 5.82 Å². The summed E-state index contributed by atoms with van der Waals surface area (Å²) >= 11 is 19.2. The fraction of sp³-hybridized carbons (Fsp3) is 0.211. The summed E-state index contributed by atoms with van der Waals surface area (Å²) in [6, 6.07) is 8.68. The summed E-state index contributed by atoms with van der Waals surface area (Å²) in [4.78, 5) is 12.3. The molecule has 0 saturated carbocycles. The largest absolute Gasteiger partial charge is 0.486 e. The fourth-order valence-corrected chi connectivity index (χ4v) is 3.88. The maximum atomic E-state index is 13.0. The number of amides is 1. The monoisotopic (exact) mass is 488 g/mol. The second kappa shape index (κ2) is 10.3. The van der Waals surface area contributed by atoms with Gasteiger partial charge in [-0.2, -0.15) is 0 Å². The number of thioether (sulfide) groups is 1. The first-order chi connectivity index (χ1) is 14.4. The van der Waals surface area contributed by atoms with Gasteiger partial charge in [-0.3, -0.25) is 4.79 Å². The Balaban J connectivity index is 1.59. The maximum Gasteiger partial charge on any atom is 0.234 e. The molecule has 0 aliphatic carbocycles. The molecule has 0 unspecified atom stereocenters. The molecule has 3 rings (SSSR count). The zero-order chi connectivity index (χ0) is 21.7. The van der Waals surface area contributed by atoms with E-state index >= 15 is 0 Å². The predicted octanol–water partition coefficient (Wildman–Crippen LogP) is 5.71. The van der Waals surface area contributed by atoms with Crippen molar-refractivity contribution in [3.05, 3.63) is 63.1 Å². The van der Waals surface area contributed by atoms with Crippen molar-refractivity contribution in [1.29, 1.82) is 0 Å². The van der Waals surface area contributed by atoms with Gasteiger partial charge in [0.1, 0.15) is 18.2 Å². The number of carbonyl (C=O) groups is 1. The number of nitrogens with one attached hydrogen (secondary N) is 1. The van der Waals surface area contributed by atoms with Crippen molar-refractivity contribution in [2.24, 2.45) is 0 Å². The topological polar surface area (TPSA) is 69.0 Å². The number of carbonyl (C=O) groups excluding carboxylic acids is 1. The molecular weight excluding hydrogens is 474 g/mol. The average Bonchev–Trinajstić information content (AvgIpc) is 3.12. The number of hydrogen-bond acceptors (Lipinski definition) is 5. The fourth-order valence-electron chi connectivity index (χ4n) is 2.46. The zero-order valence-electron chi connectivity index (χ0n) is 15.7. The number of benzene rings is 2. The molecule has 1 aromatic heterocycles. The first-order valence-corrected chi connectivity index (χ1v) is 10.9. The number of nitrogens with zero attached hydrogens (tertiary/aromatic N) is 3. The summed E-state index contributed by atoms with van der Waals surface area (Å²) in [6.45, 7) is 2.69. The molecule has 2 aromatic carbocycles. The second-order valence-electron chi connectivity index (χ2n) is 5.97. The molecular formula is C19H16Cl3FN4O2S. The minimum Gasteiger partial charge on any atom is -0.486 e. The quantitative estimate of drug-likeness (QED) is 0.324. The van der Waals surface area contributed by atoms with E-state index in [2.05, 4.69) is 15.5 Å². The van der Waals surface area contributed by atoms with E-state index in [4.69, 9.17) is 39.5 Å². The molecule has 0 atom stereocenters. The van der Waals surface area contributed by atoms with Gasteiger partial charge in [0.2, 0.25) is 5.91 Å². The Morgan fingerprint density at radius 2 is 1.83 bits per heavy atom. The summed E-state index contributed by atoms with van der Waals surface area (Å²) in [7, 11) is 0. The lowest BCUT2D eigenvalue weighted by molar-refractivity contribution is -0.113. The van der Waals surface area contributed by atoms with Crippen LogP contribution in [0.25, 0.3) is 0 Å². The van der Waals surface area contributed by atoms with Gasteiger partial charge in [-0.05, 0) is 43.3 Å². The van der Waals surface area contributed by atoms with Crippen LogP contribution in [0.3, 0.4) is 0 Å². The van der Waals surface area contributed by atoms with E-state index in [9.17, 15) is 9.18 Å². The molecule has 30 heavy (non-hydrogen) atoms. The van der Waals surface area contributed by atoms with Crippen LogP contribution in [-0.2, 0) is 17.9 Å². The lowest BCUT2D eigenvalue weighted by Gasteiger charge is -2.10. The van der Waals surface area contributed by atoms with Crippen molar-refractivity contribution >= 4 is 58.2 Å². The van der Waals surface area contributed by atoms with Crippen LogP contribution in [0.1, 0.15) is 12.7 Å². The van der Waals surface area contributed by atoms with Gasteiger partial charge < -0.3 is 14.6 Å². The van der Waals surface area contributed by atoms with Crippen LogP contribution in [0.15, 0.2) is 41.6 Å². The third kappa shape index (κ3) is 5.78. The van der Waals surface area contributed by atoms with E-state index in [1.165, 1.54) is 48.2 Å². The number of rotatable bonds is 8. The molecule has 158 valence electrons. The molecule has 11 heteroatoms. The highest BCUT2D eigenvalue weighted by Gasteiger charge is 2.15. The number of aromatic nitrogens is 3. The number of ether oxygens (including phenoxy) is 1. The lowest BCUT2D eigenvalue weighted by Crippen LogP contribution is -2.15. The Hall–Kier alpha value is -2.00. The van der Waals surface area contributed by atoms with Crippen molar-refractivity contribution in [1.82, 2.24) is 14.8 Å². The van der Waals surface area contributed by atoms with Crippen LogP contribution in [0.2, 0.25) is 15.1 Å². The molecule has 0 radical (unpaired) electrons. The Morgan fingerprint density at radius 1 is 1.13 bits per heavy atom. The van der Waals surface area contributed by atoms with Crippen molar-refractivity contribution < 1.29 is 13.9 Å². The SMILES string of the molecule is CCn1c(COc2ccc(F)cc2)nnc1SCC(=O)Nc1cc(Cl)c(Cl)cc1Cl. The summed E-state index contributed by atoms with van der Waals surface area (Å²) in [6.07, 6.45) is 0. The van der Waals surface area contributed by atoms with E-state index in [0.29, 0.717) is 44.0 Å². The van der Waals surface area contributed by atoms with Crippen LogP contribution >= 0.6 is 46.6 Å². The third-order valence-electron chi connectivity index (χ3n) is 3.91. The zero-order valence-corrected chi connectivity index (χ0v) is 18.7. The van der Waals surface area contributed by atoms with Crippen LogP contribution in [0.5, 0.6) is 5.75 Å². The Bertz CT molecular complexity index is 1050. The minimum atomic E-state index is -0.335. The van der Waals surface area contributed by atoms with Gasteiger partial charge in [0, 0.05) is 6.54 Å². The van der Waals surface area contributed by atoms with Crippen molar-refractivity contribution in [2.75, 3.05) is 11.1 Å². The molecule has 0 fully saturated rings. The predicted molar refractivity (Wildman–Crippen MR) is 117 cm³/mol. The van der Waals surface area contributed by atoms with Crippen LogP contribution in [-0.4, -0.2) is 26.4 Å². The average molecular weight is 490 g/mol. The number of anilines is 1. The standard InChI is InChI=1S/C19H16Cl3FN4O2S/c1-2-27-17(9-29-12-5-3-11(23)4-6-12)25-26-19(27)30-10-18(28)24-16-8-14(21)13(20)7-15(16)22/h3-8H,2,9-10H2,1H3,(H,24,28). The van der Waals surface area contributed by atoms with E-state index in [-0.39, 0.29) is 24.1 Å². The molecule has 1 amide bonds. The third-order valence-corrected chi connectivity index (χ3v) is 5.91. The Kier molecular flexibility index (Phi) is 7.82. The van der Waals surface area contributed by atoms with Gasteiger partial charge in [0.05, 0.1) is 26.5 Å². The highest BCUT2D eigenvalue weighted by atomic mass is 35.5. The number of halogens is 4. The van der Waals surface area contributed by atoms with Crippen molar-refractivity contribution in [2.45, 2.75) is 25.2 Å². The first kappa shape index (κ1) is 22.7. The molecule has 1 N–H and O–H groups in total. The van der Waals surface area contributed by atoms with Gasteiger partial charge in [-0.15, -0.1) is 10.2 Å². The lowest BCUT2D eigenvalue weighted by atomic mass is 10.3. The van der Waals surface area contributed by atoms with Crippen LogP contribution in [0.4, 0.5) is 10.1 Å². The molecule has 0 aliphatic heterocycles. The van der Waals surface area contributed by atoms with Crippen molar-refractivity contribution in [3.8, 4) is 5.75 Å². The smallest absolute Gasteiger partial charge is 0.234 e. The molecule has 0 saturated heterocycles. The van der Waals surface area contributed by atoms with E-state index in [1.807, 2.05) is 11.5 Å². The summed E-state index contributed by atoms with van der Waals surface area (Å²) in [5, 5.41) is 12.4. The highest BCUT2D eigenvalue weighted by molar-refractivity contribution is 7.99. The van der Waals surface area contributed by atoms with Gasteiger partial charge in [-0.25, -0.2) is 4.39 Å². The molecule has 6 nitrogen and oxygen atoms in total. The van der Waals surface area contributed by atoms with Crippen molar-refractivity contribution in [3.63, 3.8) is 0 Å². The highest BCUT2D eigenvalue weighted by Crippen LogP contribution is 2.32. The normalized spacial score (nSPS) is 10.8. The molecule has 0 bridgehead atoms. The second-order valence-corrected chi connectivity index (χ2v) is 8.13. The maximum absolute atomic E-state index is 13.0. The van der Waals surface area contributed by atoms with E-state index < -0.39 is 0 Å². The van der Waals surface area contributed by atoms with Gasteiger partial charge in [0.15, 0.2) is 11.0 Å². The van der Waals surface area contributed by atoms with Gasteiger partial charge in [0.25, 0.3) is 0 Å². The molecule has 3 aromatic rings. The molecule has 0 spiro atoms. The van der Waals surface area contributed by atoms with Crippen LogP contribution < -0.4 is 10.1 Å². The van der Waals surface area contributed by atoms with Gasteiger partial charge >= 0.3 is 0 Å².